The summed E-state index contributed by atoms with van der Waals surface area (Å²) in [7, 11) is 1.49. The fourth-order valence-corrected chi connectivity index (χ4v) is 10.8. The average Bonchev–Trinajstić information content (AvgIpc) is 2.84. The molecule has 3 saturated carbocycles. The summed E-state index contributed by atoms with van der Waals surface area (Å²) in [5.74, 6) is -0.0870. The van der Waals surface area contributed by atoms with E-state index < -0.39 is 16.2 Å². The number of esters is 1. The fraction of sp³-hybridized carbons (Fsp3) is 0.788. The number of aliphatic hydroxyl groups is 1. The van der Waals surface area contributed by atoms with Crippen molar-refractivity contribution < 1.29 is 19.4 Å². The zero-order valence-corrected chi connectivity index (χ0v) is 25.0. The topological polar surface area (TPSA) is 87.4 Å². The third-order valence-corrected chi connectivity index (χ3v) is 13.4. The maximum absolute atomic E-state index is 14.5. The highest BCUT2D eigenvalue weighted by atomic mass is 16.5. The Morgan fingerprint density at radius 2 is 1.68 bits per heavy atom. The number of rotatable bonds is 1. The van der Waals surface area contributed by atoms with Crippen molar-refractivity contribution in [1.82, 2.24) is 0 Å². The third kappa shape index (κ3) is 3.04. The Bertz CT molecular complexity index is 1200. The molecule has 0 radical (unpaired) electrons. The van der Waals surface area contributed by atoms with Crippen molar-refractivity contribution in [3.63, 3.8) is 0 Å². The molecule has 5 heteroatoms. The molecule has 0 aromatic rings. The van der Waals surface area contributed by atoms with Gasteiger partial charge in [0.1, 0.15) is 5.76 Å². The number of aliphatic hydroxyl groups excluding tert-OH is 1. The molecule has 3 fully saturated rings. The monoisotopic (exact) mass is 521 g/mol. The van der Waals surface area contributed by atoms with Crippen LogP contribution in [0.15, 0.2) is 23.0 Å². The van der Waals surface area contributed by atoms with Gasteiger partial charge in [-0.2, -0.15) is 5.26 Å². The molecule has 0 aliphatic heterocycles. The van der Waals surface area contributed by atoms with Crippen LogP contribution in [0.4, 0.5) is 0 Å². The molecular formula is C33H47NO4. The molecule has 0 amide bonds. The Labute approximate surface area is 229 Å². The van der Waals surface area contributed by atoms with Crippen LogP contribution in [0.3, 0.4) is 0 Å². The van der Waals surface area contributed by atoms with E-state index in [4.69, 9.17) is 4.74 Å². The van der Waals surface area contributed by atoms with E-state index in [2.05, 4.69) is 61.5 Å². The minimum Gasteiger partial charge on any atom is -0.511 e. The molecule has 5 nitrogen and oxygen atoms in total. The van der Waals surface area contributed by atoms with Gasteiger partial charge in [-0.1, -0.05) is 61.0 Å². The van der Waals surface area contributed by atoms with E-state index in [9.17, 15) is 20.0 Å². The van der Waals surface area contributed by atoms with Crippen LogP contribution in [0.5, 0.6) is 0 Å². The molecule has 0 bridgehead atoms. The second-order valence-corrected chi connectivity index (χ2v) is 15.5. The lowest BCUT2D eigenvalue weighted by atomic mass is 9.33. The SMILES string of the molecule is COC(=O)[C@]12CCC(C)(C)C[C@H]1[C@H]1C(=O)C=C3[C@]4(C)C(CC[C@@]3(C)[C@]1(C)CC2)C(C)(C)C(O)=C(C#N)[C@@H]4C. The number of carbonyl (C=O) groups excluding carboxylic acids is 2. The van der Waals surface area contributed by atoms with E-state index in [0.29, 0.717) is 5.57 Å². The van der Waals surface area contributed by atoms with Crippen molar-refractivity contribution in [1.29, 1.82) is 5.26 Å². The van der Waals surface area contributed by atoms with Gasteiger partial charge in [-0.3, -0.25) is 9.59 Å². The number of hydrogen-bond acceptors (Lipinski definition) is 5. The van der Waals surface area contributed by atoms with Crippen LogP contribution in [0, 0.1) is 67.5 Å². The predicted octanol–water partition coefficient (Wildman–Crippen LogP) is 7.33. The second kappa shape index (κ2) is 7.98. The molecule has 5 rings (SSSR count). The normalized spacial score (nSPS) is 46.9. The van der Waals surface area contributed by atoms with E-state index in [0.717, 1.165) is 44.9 Å². The summed E-state index contributed by atoms with van der Waals surface area (Å²) >= 11 is 0. The third-order valence-electron chi connectivity index (χ3n) is 13.4. The van der Waals surface area contributed by atoms with Crippen molar-refractivity contribution in [3.05, 3.63) is 23.0 Å². The first-order chi connectivity index (χ1) is 17.5. The largest absolute Gasteiger partial charge is 0.511 e. The molecule has 1 unspecified atom stereocenters. The van der Waals surface area contributed by atoms with E-state index in [-0.39, 0.29) is 57.4 Å². The molecule has 0 aromatic carbocycles. The number of nitrogens with zero attached hydrogens (tertiary/aromatic N) is 1. The van der Waals surface area contributed by atoms with Gasteiger partial charge in [-0.15, -0.1) is 0 Å². The van der Waals surface area contributed by atoms with Crippen molar-refractivity contribution >= 4 is 11.8 Å². The van der Waals surface area contributed by atoms with Crippen molar-refractivity contribution in [2.24, 2.45) is 56.2 Å². The smallest absolute Gasteiger partial charge is 0.312 e. The van der Waals surface area contributed by atoms with Gasteiger partial charge < -0.3 is 9.84 Å². The quantitative estimate of drug-likeness (QED) is 0.365. The second-order valence-electron chi connectivity index (χ2n) is 15.5. The number of hydrogen-bond donors (Lipinski definition) is 1. The minimum atomic E-state index is -0.588. The molecule has 0 spiro atoms. The van der Waals surface area contributed by atoms with E-state index in [1.807, 2.05) is 6.08 Å². The highest BCUT2D eigenvalue weighted by molar-refractivity contribution is 5.96. The van der Waals surface area contributed by atoms with Crippen molar-refractivity contribution in [2.75, 3.05) is 7.11 Å². The average molecular weight is 522 g/mol. The maximum atomic E-state index is 14.5. The molecule has 0 saturated heterocycles. The number of ketones is 1. The fourth-order valence-electron chi connectivity index (χ4n) is 10.8. The zero-order chi connectivity index (χ0) is 28.3. The Balaban J connectivity index is 1.71. The van der Waals surface area contributed by atoms with Gasteiger partial charge >= 0.3 is 5.97 Å². The first-order valence-electron chi connectivity index (χ1n) is 14.7. The van der Waals surface area contributed by atoms with E-state index in [1.165, 1.54) is 12.7 Å². The summed E-state index contributed by atoms with van der Waals surface area (Å²) in [6.07, 6.45) is 8.00. The molecule has 1 N–H and O–H groups in total. The van der Waals surface area contributed by atoms with Gasteiger partial charge in [0.15, 0.2) is 5.78 Å². The number of methoxy groups -OCH3 is 1. The summed E-state index contributed by atoms with van der Waals surface area (Å²) in [5, 5.41) is 21.3. The standard InChI is InChI=1S/C33H47NO4/c1-19-20(18-34)26(36)29(4,5)23-10-11-30(6)24(32(19,23)8)16-22(35)25-21-17-28(2,3)12-14-33(21,27(37)38-9)15-13-31(25,30)7/h16,19,21,23,25,36H,10-15,17H2,1-9H3/t19-,21-,23?,25-,30+,31+,32-,33-/m0/s1. The zero-order valence-electron chi connectivity index (χ0n) is 25.0. The minimum absolute atomic E-state index is 0.0380. The Hall–Kier alpha value is -2.09. The lowest BCUT2D eigenvalue weighted by Crippen LogP contribution is -2.66. The molecule has 5 aliphatic rings. The lowest BCUT2D eigenvalue weighted by molar-refractivity contribution is -0.192. The molecule has 0 heterocycles. The highest BCUT2D eigenvalue weighted by Crippen LogP contribution is 2.76. The molecular weight excluding hydrogens is 474 g/mol. The highest BCUT2D eigenvalue weighted by Gasteiger charge is 2.72. The molecule has 8 atom stereocenters. The Morgan fingerprint density at radius 1 is 1.05 bits per heavy atom. The van der Waals surface area contributed by atoms with Crippen LogP contribution in [0.2, 0.25) is 0 Å². The van der Waals surface area contributed by atoms with Gasteiger partial charge in [0.05, 0.1) is 24.2 Å². The number of allylic oxidation sites excluding steroid dienone is 4. The van der Waals surface area contributed by atoms with Crippen molar-refractivity contribution in [3.8, 4) is 6.07 Å². The molecule has 208 valence electrons. The van der Waals surface area contributed by atoms with Gasteiger partial charge in [0, 0.05) is 22.7 Å². The number of fused-ring (bicyclic) bond motifs is 7. The molecule has 38 heavy (non-hydrogen) atoms. The van der Waals surface area contributed by atoms with Crippen LogP contribution >= 0.6 is 0 Å². The first-order valence-corrected chi connectivity index (χ1v) is 14.7. The lowest BCUT2D eigenvalue weighted by Gasteiger charge is -2.70. The van der Waals surface area contributed by atoms with Crippen LogP contribution < -0.4 is 0 Å². The predicted molar refractivity (Wildman–Crippen MR) is 147 cm³/mol. The van der Waals surface area contributed by atoms with Gasteiger partial charge in [0.25, 0.3) is 0 Å². The van der Waals surface area contributed by atoms with Crippen LogP contribution in [0.25, 0.3) is 0 Å². The maximum Gasteiger partial charge on any atom is 0.312 e. The molecule has 0 aromatic heterocycles. The summed E-state index contributed by atoms with van der Waals surface area (Å²) in [5.41, 5.74) is -0.380. The first kappa shape index (κ1) is 27.5. The summed E-state index contributed by atoms with van der Waals surface area (Å²) in [6.45, 7) is 17.7. The summed E-state index contributed by atoms with van der Waals surface area (Å²) in [6, 6.07) is 2.34. The Morgan fingerprint density at radius 3 is 2.29 bits per heavy atom. The van der Waals surface area contributed by atoms with Crippen LogP contribution in [0.1, 0.15) is 100 Å². The van der Waals surface area contributed by atoms with Gasteiger partial charge in [0.2, 0.25) is 0 Å². The van der Waals surface area contributed by atoms with Gasteiger partial charge in [-0.25, -0.2) is 0 Å². The van der Waals surface area contributed by atoms with Crippen LogP contribution in [-0.2, 0) is 14.3 Å². The molecule has 5 aliphatic carbocycles. The van der Waals surface area contributed by atoms with Gasteiger partial charge in [-0.05, 0) is 79.1 Å². The van der Waals surface area contributed by atoms with Crippen molar-refractivity contribution in [2.45, 2.75) is 100 Å². The number of ether oxygens (including phenoxy) is 1. The summed E-state index contributed by atoms with van der Waals surface area (Å²) < 4.78 is 5.43. The van der Waals surface area contributed by atoms with E-state index >= 15 is 0 Å². The Kier molecular flexibility index (Phi) is 5.77. The number of nitriles is 1. The summed E-state index contributed by atoms with van der Waals surface area (Å²) in [4.78, 5) is 27.9. The van der Waals surface area contributed by atoms with Crippen LogP contribution in [-0.4, -0.2) is 24.0 Å². The number of carbonyl (C=O) groups is 2. The van der Waals surface area contributed by atoms with E-state index in [1.54, 1.807) is 0 Å².